The first-order valence-corrected chi connectivity index (χ1v) is 9.88. The number of nitrogens with one attached hydrogen (secondary N) is 2. The summed E-state index contributed by atoms with van der Waals surface area (Å²) in [5.41, 5.74) is 0.699. The summed E-state index contributed by atoms with van der Waals surface area (Å²) in [6, 6.07) is 5.33. The zero-order valence-electron chi connectivity index (χ0n) is 16.9. The van der Waals surface area contributed by atoms with Gasteiger partial charge in [0.15, 0.2) is 11.5 Å². The molecule has 0 unspecified atom stereocenters. The molecule has 8 nitrogen and oxygen atoms in total. The molecular weight excluding hydrogens is 360 g/mol. The fourth-order valence-electron chi connectivity index (χ4n) is 3.41. The number of hydrogen-bond acceptors (Lipinski definition) is 6. The van der Waals surface area contributed by atoms with Crippen LogP contribution in [0.3, 0.4) is 0 Å². The van der Waals surface area contributed by atoms with Crippen LogP contribution in [0.15, 0.2) is 18.2 Å². The van der Waals surface area contributed by atoms with Gasteiger partial charge in [-0.25, -0.2) is 0 Å². The summed E-state index contributed by atoms with van der Waals surface area (Å²) in [6.07, 6.45) is 0. The summed E-state index contributed by atoms with van der Waals surface area (Å²) >= 11 is 0. The second-order valence-electron chi connectivity index (χ2n) is 7.56. The number of fused-ring (bicyclic) bond motifs is 1. The van der Waals surface area contributed by atoms with Crippen LogP contribution in [0.25, 0.3) is 0 Å². The third-order valence-corrected chi connectivity index (χ3v) is 4.96. The maximum Gasteiger partial charge on any atom is 0.241 e. The molecule has 0 saturated carbocycles. The molecule has 1 aromatic rings. The van der Waals surface area contributed by atoms with Gasteiger partial charge in [-0.3, -0.25) is 19.4 Å². The number of benzene rings is 1. The second kappa shape index (κ2) is 9.25. The zero-order chi connectivity index (χ0) is 20.1. The minimum absolute atomic E-state index is 0.0489. The van der Waals surface area contributed by atoms with E-state index < -0.39 is 0 Å². The van der Waals surface area contributed by atoms with Crippen LogP contribution in [-0.2, 0) is 9.59 Å². The van der Waals surface area contributed by atoms with Gasteiger partial charge in [-0.2, -0.15) is 0 Å². The molecule has 8 heteroatoms. The Labute approximate surface area is 166 Å². The van der Waals surface area contributed by atoms with Crippen molar-refractivity contribution in [3.63, 3.8) is 0 Å². The standard InChI is InChI=1S/C20H30N4O4/c1-14(2)21-19(25)13-23-6-8-24(9-7-23)15(3)20(26)22-16-4-5-17-18(12-16)28-11-10-27-17/h4-5,12,14-15H,6-11,13H2,1-3H3,(H,21,25)(H,22,26)/t15-/m0/s1. The van der Waals surface area contributed by atoms with Crippen molar-refractivity contribution in [2.75, 3.05) is 51.3 Å². The lowest BCUT2D eigenvalue weighted by Gasteiger charge is -2.37. The Balaban J connectivity index is 1.47. The van der Waals surface area contributed by atoms with Crippen LogP contribution >= 0.6 is 0 Å². The average Bonchev–Trinajstić information content (AvgIpc) is 2.67. The van der Waals surface area contributed by atoms with Gasteiger partial charge in [-0.05, 0) is 32.9 Å². The number of anilines is 1. The lowest BCUT2D eigenvalue weighted by Crippen LogP contribution is -2.54. The quantitative estimate of drug-likeness (QED) is 0.752. The fraction of sp³-hybridized carbons (Fsp3) is 0.600. The van der Waals surface area contributed by atoms with Crippen molar-refractivity contribution >= 4 is 17.5 Å². The van der Waals surface area contributed by atoms with Crippen LogP contribution in [0.5, 0.6) is 11.5 Å². The van der Waals surface area contributed by atoms with Gasteiger partial charge in [0.05, 0.1) is 12.6 Å². The summed E-state index contributed by atoms with van der Waals surface area (Å²) in [5.74, 6) is 1.36. The molecular formula is C20H30N4O4. The van der Waals surface area contributed by atoms with E-state index in [4.69, 9.17) is 9.47 Å². The van der Waals surface area contributed by atoms with Gasteiger partial charge < -0.3 is 20.1 Å². The van der Waals surface area contributed by atoms with E-state index >= 15 is 0 Å². The summed E-state index contributed by atoms with van der Waals surface area (Å²) in [5, 5.41) is 5.87. The van der Waals surface area contributed by atoms with Gasteiger partial charge in [0.2, 0.25) is 11.8 Å². The number of carbonyl (C=O) groups is 2. The van der Waals surface area contributed by atoms with Crippen LogP contribution in [0, 0.1) is 0 Å². The molecule has 28 heavy (non-hydrogen) atoms. The number of carbonyl (C=O) groups excluding carboxylic acids is 2. The molecule has 2 N–H and O–H groups in total. The van der Waals surface area contributed by atoms with Gasteiger partial charge in [0.25, 0.3) is 0 Å². The highest BCUT2D eigenvalue weighted by atomic mass is 16.6. The minimum atomic E-state index is -0.250. The number of hydrogen-bond donors (Lipinski definition) is 2. The third kappa shape index (κ3) is 5.36. The molecule has 0 radical (unpaired) electrons. The molecule has 0 aromatic heterocycles. The van der Waals surface area contributed by atoms with Crippen molar-refractivity contribution in [1.82, 2.24) is 15.1 Å². The summed E-state index contributed by atoms with van der Waals surface area (Å²) in [6.45, 7) is 10.3. The predicted molar refractivity (Wildman–Crippen MR) is 107 cm³/mol. The number of nitrogens with zero attached hydrogens (tertiary/aromatic N) is 2. The van der Waals surface area contributed by atoms with Crippen molar-refractivity contribution in [2.24, 2.45) is 0 Å². The first-order chi connectivity index (χ1) is 13.4. The molecule has 2 amide bonds. The molecule has 1 aromatic carbocycles. The molecule has 0 bridgehead atoms. The average molecular weight is 390 g/mol. The summed E-state index contributed by atoms with van der Waals surface area (Å²) < 4.78 is 11.1. The third-order valence-electron chi connectivity index (χ3n) is 4.96. The largest absolute Gasteiger partial charge is 0.486 e. The zero-order valence-corrected chi connectivity index (χ0v) is 16.9. The number of ether oxygens (including phenoxy) is 2. The highest BCUT2D eigenvalue weighted by Crippen LogP contribution is 2.32. The van der Waals surface area contributed by atoms with Crippen LogP contribution < -0.4 is 20.1 Å². The lowest BCUT2D eigenvalue weighted by molar-refractivity contribution is -0.125. The topological polar surface area (TPSA) is 83.1 Å². The molecule has 1 fully saturated rings. The Hall–Kier alpha value is -2.32. The van der Waals surface area contributed by atoms with Crippen molar-refractivity contribution in [3.05, 3.63) is 18.2 Å². The monoisotopic (exact) mass is 390 g/mol. The molecule has 2 heterocycles. The SMILES string of the molecule is CC(C)NC(=O)CN1CCN([C@@H](C)C(=O)Nc2ccc3c(c2)OCCO3)CC1. The first-order valence-electron chi connectivity index (χ1n) is 9.88. The maximum absolute atomic E-state index is 12.7. The highest BCUT2D eigenvalue weighted by molar-refractivity contribution is 5.94. The first kappa shape index (κ1) is 20.4. The van der Waals surface area contributed by atoms with E-state index in [1.807, 2.05) is 32.9 Å². The Kier molecular flexibility index (Phi) is 6.74. The summed E-state index contributed by atoms with van der Waals surface area (Å²) in [7, 11) is 0. The molecule has 2 aliphatic rings. The van der Waals surface area contributed by atoms with Crippen LogP contribution in [0.2, 0.25) is 0 Å². The molecule has 1 atom stereocenters. The van der Waals surface area contributed by atoms with Crippen molar-refractivity contribution in [2.45, 2.75) is 32.9 Å². The molecule has 0 spiro atoms. The fourth-order valence-corrected chi connectivity index (χ4v) is 3.41. The summed E-state index contributed by atoms with van der Waals surface area (Å²) in [4.78, 5) is 28.8. The number of piperazine rings is 1. The normalized spacial score (nSPS) is 18.6. The van der Waals surface area contributed by atoms with E-state index in [0.29, 0.717) is 36.9 Å². The van der Waals surface area contributed by atoms with Crippen LogP contribution in [-0.4, -0.2) is 79.6 Å². The van der Waals surface area contributed by atoms with Gasteiger partial charge in [0, 0.05) is 44.0 Å². The van der Waals surface area contributed by atoms with Crippen LogP contribution in [0.4, 0.5) is 5.69 Å². The van der Waals surface area contributed by atoms with Crippen molar-refractivity contribution < 1.29 is 19.1 Å². The number of rotatable bonds is 6. The lowest BCUT2D eigenvalue weighted by atomic mass is 10.2. The van der Waals surface area contributed by atoms with Gasteiger partial charge >= 0.3 is 0 Å². The van der Waals surface area contributed by atoms with E-state index in [9.17, 15) is 9.59 Å². The Bertz CT molecular complexity index is 701. The van der Waals surface area contributed by atoms with Gasteiger partial charge in [-0.15, -0.1) is 0 Å². The van der Waals surface area contributed by atoms with Gasteiger partial charge in [0.1, 0.15) is 13.2 Å². The molecule has 2 aliphatic heterocycles. The highest BCUT2D eigenvalue weighted by Gasteiger charge is 2.26. The van der Waals surface area contributed by atoms with Crippen molar-refractivity contribution in [3.8, 4) is 11.5 Å². The maximum atomic E-state index is 12.7. The Morgan fingerprint density at radius 3 is 2.39 bits per heavy atom. The minimum Gasteiger partial charge on any atom is -0.486 e. The van der Waals surface area contributed by atoms with E-state index in [1.54, 1.807) is 6.07 Å². The molecule has 3 rings (SSSR count). The molecule has 154 valence electrons. The Morgan fingerprint density at radius 2 is 1.71 bits per heavy atom. The van der Waals surface area contributed by atoms with E-state index in [-0.39, 0.29) is 23.9 Å². The second-order valence-corrected chi connectivity index (χ2v) is 7.56. The van der Waals surface area contributed by atoms with Gasteiger partial charge in [-0.1, -0.05) is 0 Å². The number of amides is 2. The Morgan fingerprint density at radius 1 is 1.04 bits per heavy atom. The smallest absolute Gasteiger partial charge is 0.241 e. The molecule has 0 aliphatic carbocycles. The van der Waals surface area contributed by atoms with E-state index in [2.05, 4.69) is 20.4 Å². The van der Waals surface area contributed by atoms with Crippen molar-refractivity contribution in [1.29, 1.82) is 0 Å². The van der Waals surface area contributed by atoms with E-state index in [1.165, 1.54) is 0 Å². The van der Waals surface area contributed by atoms with E-state index in [0.717, 1.165) is 26.2 Å². The predicted octanol–water partition coefficient (Wildman–Crippen LogP) is 0.927. The molecule has 1 saturated heterocycles. The van der Waals surface area contributed by atoms with Crippen LogP contribution in [0.1, 0.15) is 20.8 Å².